The average Bonchev–Trinajstić information content (AvgIpc) is 2.70. The Labute approximate surface area is 106 Å². The van der Waals surface area contributed by atoms with E-state index < -0.39 is 18.5 Å². The van der Waals surface area contributed by atoms with E-state index in [1.807, 2.05) is 6.92 Å². The molecule has 1 aliphatic heterocycles. The summed E-state index contributed by atoms with van der Waals surface area (Å²) in [7, 11) is 0. The second kappa shape index (κ2) is 6.87. The summed E-state index contributed by atoms with van der Waals surface area (Å²) in [6.45, 7) is 2.72. The molecule has 0 bridgehead atoms. The number of urea groups is 1. The minimum atomic E-state index is -1.09. The number of carbonyl (C=O) groups is 2. The maximum absolute atomic E-state index is 11.7. The molecule has 100 valence electrons. The van der Waals surface area contributed by atoms with Crippen LogP contribution in [0.25, 0.3) is 0 Å². The fourth-order valence-electron chi connectivity index (χ4n) is 1.85. The summed E-state index contributed by atoms with van der Waals surface area (Å²) in [5.41, 5.74) is 0. The molecule has 0 aromatic carbocycles. The lowest BCUT2D eigenvalue weighted by molar-refractivity contribution is -0.137. The predicted molar refractivity (Wildman–Crippen MR) is 65.0 cm³/mol. The molecule has 6 heteroatoms. The molecule has 0 aliphatic carbocycles. The minimum absolute atomic E-state index is 0.0190. The largest absolute Gasteiger partial charge is 0.480 e. The summed E-state index contributed by atoms with van der Waals surface area (Å²) in [6, 6.07) is -0.450. The summed E-state index contributed by atoms with van der Waals surface area (Å²) in [4.78, 5) is 23.4. The lowest BCUT2D eigenvalue weighted by Gasteiger charge is -2.21. The third kappa shape index (κ3) is 4.26. The van der Waals surface area contributed by atoms with E-state index in [9.17, 15) is 9.59 Å². The van der Waals surface area contributed by atoms with Gasteiger partial charge in [-0.3, -0.25) is 4.79 Å². The zero-order valence-corrected chi connectivity index (χ0v) is 10.4. The van der Waals surface area contributed by atoms with E-state index in [1.54, 1.807) is 0 Å². The highest BCUT2D eigenvalue weighted by Gasteiger charge is 2.25. The molecule has 0 aromatic heterocycles. The van der Waals surface area contributed by atoms with Crippen LogP contribution in [0.3, 0.4) is 0 Å². The molecule has 1 aliphatic rings. The first-order chi connectivity index (χ1) is 8.54. The van der Waals surface area contributed by atoms with Gasteiger partial charge in [0.25, 0.3) is 0 Å². The first kappa shape index (κ1) is 14.3. The topological polar surface area (TPSA) is 78.9 Å². The molecule has 1 saturated heterocycles. The van der Waals surface area contributed by atoms with Crippen LogP contribution in [0.2, 0.25) is 0 Å². The number of amides is 2. The Hall–Kier alpha value is -1.74. The van der Waals surface area contributed by atoms with Crippen LogP contribution < -0.4 is 5.32 Å². The monoisotopic (exact) mass is 254 g/mol. The molecule has 2 amide bonds. The zero-order valence-electron chi connectivity index (χ0n) is 10.4. The lowest BCUT2D eigenvalue weighted by atomic mass is 10.0. The number of hydrogen-bond acceptors (Lipinski definition) is 3. The fraction of sp³-hybridized carbons (Fsp3) is 0.667. The molecular formula is C12H18N2O4. The van der Waals surface area contributed by atoms with Crippen LogP contribution in [0.5, 0.6) is 0 Å². The normalized spacial score (nSPS) is 22.2. The molecule has 0 spiro atoms. The Morgan fingerprint density at radius 2 is 2.33 bits per heavy atom. The third-order valence-corrected chi connectivity index (χ3v) is 2.94. The highest BCUT2D eigenvalue weighted by molar-refractivity contribution is 5.80. The van der Waals surface area contributed by atoms with Gasteiger partial charge in [-0.25, -0.2) is 4.79 Å². The zero-order chi connectivity index (χ0) is 13.5. The van der Waals surface area contributed by atoms with Crippen molar-refractivity contribution in [1.29, 1.82) is 0 Å². The maximum atomic E-state index is 11.7. The molecule has 1 heterocycles. The smallest absolute Gasteiger partial charge is 0.323 e. The van der Waals surface area contributed by atoms with E-state index in [-0.39, 0.29) is 18.6 Å². The Kier molecular flexibility index (Phi) is 5.46. The average molecular weight is 254 g/mol. The number of ether oxygens (including phenoxy) is 1. The van der Waals surface area contributed by atoms with E-state index in [4.69, 9.17) is 16.3 Å². The first-order valence-corrected chi connectivity index (χ1v) is 5.84. The predicted octanol–water partition coefficient (Wildman–Crippen LogP) is 0.141. The van der Waals surface area contributed by atoms with Crippen molar-refractivity contribution >= 4 is 12.0 Å². The van der Waals surface area contributed by atoms with E-state index in [2.05, 4.69) is 11.2 Å². The van der Waals surface area contributed by atoms with Crippen molar-refractivity contribution in [3.05, 3.63) is 0 Å². The van der Waals surface area contributed by atoms with Gasteiger partial charge in [0.2, 0.25) is 0 Å². The van der Waals surface area contributed by atoms with Gasteiger partial charge < -0.3 is 20.1 Å². The van der Waals surface area contributed by atoms with Crippen LogP contribution in [0.15, 0.2) is 0 Å². The van der Waals surface area contributed by atoms with Crippen LogP contribution in [0, 0.1) is 18.3 Å². The Morgan fingerprint density at radius 1 is 1.61 bits per heavy atom. The summed E-state index contributed by atoms with van der Waals surface area (Å²) in [5.74, 6) is 1.45. The number of aliphatic carboxylic acids is 1. The van der Waals surface area contributed by atoms with E-state index in [0.29, 0.717) is 13.2 Å². The molecule has 2 N–H and O–H groups in total. The second-order valence-corrected chi connectivity index (χ2v) is 4.26. The number of carboxylic acid groups (broad SMARTS) is 1. The molecule has 0 radical (unpaired) electrons. The van der Waals surface area contributed by atoms with E-state index in [0.717, 1.165) is 11.3 Å². The summed E-state index contributed by atoms with van der Waals surface area (Å²) < 4.78 is 5.38. The number of rotatable bonds is 5. The van der Waals surface area contributed by atoms with Crippen LogP contribution in [-0.2, 0) is 9.53 Å². The van der Waals surface area contributed by atoms with E-state index in [1.165, 1.54) is 0 Å². The van der Waals surface area contributed by atoms with Crippen molar-refractivity contribution in [3.8, 4) is 12.3 Å². The molecule has 6 nitrogen and oxygen atoms in total. The molecule has 2 atom stereocenters. The van der Waals surface area contributed by atoms with Gasteiger partial charge in [0.15, 0.2) is 0 Å². The number of terminal acetylenes is 1. The molecule has 18 heavy (non-hydrogen) atoms. The van der Waals surface area contributed by atoms with Crippen LogP contribution in [0.4, 0.5) is 4.79 Å². The van der Waals surface area contributed by atoms with Gasteiger partial charge in [-0.1, -0.05) is 5.92 Å². The van der Waals surface area contributed by atoms with Gasteiger partial charge in [-0.05, 0) is 13.3 Å². The van der Waals surface area contributed by atoms with Gasteiger partial charge in [-0.2, -0.15) is 0 Å². The van der Waals surface area contributed by atoms with Gasteiger partial charge >= 0.3 is 12.0 Å². The number of carboxylic acids is 1. The Bertz CT molecular complexity index is 350. The summed E-state index contributed by atoms with van der Waals surface area (Å²) >= 11 is 0. The van der Waals surface area contributed by atoms with Gasteiger partial charge in [0, 0.05) is 19.1 Å². The van der Waals surface area contributed by atoms with E-state index >= 15 is 0 Å². The van der Waals surface area contributed by atoms with Gasteiger partial charge in [0.05, 0.1) is 12.6 Å². The van der Waals surface area contributed by atoms with Crippen LogP contribution >= 0.6 is 0 Å². The first-order valence-electron chi connectivity index (χ1n) is 5.84. The minimum Gasteiger partial charge on any atom is -0.480 e. The van der Waals surface area contributed by atoms with Crippen molar-refractivity contribution in [1.82, 2.24) is 10.2 Å². The number of hydrogen-bond donors (Lipinski definition) is 2. The molecule has 1 rings (SSSR count). The number of nitrogens with zero attached hydrogens (tertiary/aromatic N) is 1. The van der Waals surface area contributed by atoms with Crippen LogP contribution in [0.1, 0.15) is 13.3 Å². The summed E-state index contributed by atoms with van der Waals surface area (Å²) in [5, 5.41) is 11.4. The van der Waals surface area contributed by atoms with Crippen molar-refractivity contribution in [2.75, 3.05) is 26.2 Å². The lowest BCUT2D eigenvalue weighted by Crippen LogP contribution is -2.45. The van der Waals surface area contributed by atoms with Crippen molar-refractivity contribution in [2.24, 2.45) is 5.92 Å². The SMILES string of the molecule is C#CCN(CC(=O)O)C(=O)NCC1CCOC1C. The van der Waals surface area contributed by atoms with Gasteiger partial charge in [-0.15, -0.1) is 6.42 Å². The second-order valence-electron chi connectivity index (χ2n) is 4.26. The van der Waals surface area contributed by atoms with Crippen molar-refractivity contribution in [3.63, 3.8) is 0 Å². The van der Waals surface area contributed by atoms with Crippen molar-refractivity contribution < 1.29 is 19.4 Å². The highest BCUT2D eigenvalue weighted by atomic mass is 16.5. The number of nitrogens with one attached hydrogen (secondary N) is 1. The summed E-state index contributed by atoms with van der Waals surface area (Å²) in [6.07, 6.45) is 6.11. The molecule has 1 fully saturated rings. The quantitative estimate of drug-likeness (QED) is 0.684. The fourth-order valence-corrected chi connectivity index (χ4v) is 1.85. The maximum Gasteiger partial charge on any atom is 0.323 e. The van der Waals surface area contributed by atoms with Crippen LogP contribution in [-0.4, -0.2) is 54.4 Å². The molecule has 2 unspecified atom stereocenters. The third-order valence-electron chi connectivity index (χ3n) is 2.94. The number of carbonyl (C=O) groups excluding carboxylic acids is 1. The van der Waals surface area contributed by atoms with Crippen molar-refractivity contribution in [2.45, 2.75) is 19.4 Å². The molecular weight excluding hydrogens is 236 g/mol. The Morgan fingerprint density at radius 3 is 2.83 bits per heavy atom. The molecule has 0 aromatic rings. The standard InChI is InChI=1S/C12H18N2O4/c1-3-5-14(8-11(15)16)12(17)13-7-10-4-6-18-9(10)2/h1,9-10H,4-8H2,2H3,(H,13,17)(H,15,16). The molecule has 0 saturated carbocycles. The Balaban J connectivity index is 2.41. The van der Waals surface area contributed by atoms with Gasteiger partial charge in [0.1, 0.15) is 6.54 Å². The highest BCUT2D eigenvalue weighted by Crippen LogP contribution is 2.19.